The van der Waals surface area contributed by atoms with Gasteiger partial charge in [-0.3, -0.25) is 0 Å². The van der Waals surface area contributed by atoms with Gasteiger partial charge in [-0.15, -0.1) is 0 Å². The molecular weight excluding hydrogens is 158 g/mol. The molecule has 0 saturated carbocycles. The SMILES string of the molecule is Cc1cc(C)c(/C=C/C(C)(C)C)[nH]1. The fourth-order valence-electron chi connectivity index (χ4n) is 1.26. The van der Waals surface area contributed by atoms with E-state index < -0.39 is 0 Å². The number of hydrogen-bond donors (Lipinski definition) is 1. The molecule has 0 radical (unpaired) electrons. The number of rotatable bonds is 1. The molecule has 0 unspecified atom stereocenters. The zero-order chi connectivity index (χ0) is 10.1. The molecule has 0 aliphatic carbocycles. The molecule has 0 aliphatic heterocycles. The number of hydrogen-bond acceptors (Lipinski definition) is 0. The molecule has 1 N–H and O–H groups in total. The van der Waals surface area contributed by atoms with Crippen LogP contribution in [0.5, 0.6) is 0 Å². The van der Waals surface area contributed by atoms with Gasteiger partial charge in [-0.1, -0.05) is 26.8 Å². The van der Waals surface area contributed by atoms with E-state index in [0.717, 1.165) is 0 Å². The van der Waals surface area contributed by atoms with Gasteiger partial charge in [0, 0.05) is 11.4 Å². The predicted molar refractivity (Wildman–Crippen MR) is 58.8 cm³/mol. The van der Waals surface area contributed by atoms with Crippen molar-refractivity contribution in [1.29, 1.82) is 0 Å². The molecule has 0 bridgehead atoms. The lowest BCUT2D eigenvalue weighted by molar-refractivity contribution is 0.547. The molecule has 0 saturated heterocycles. The van der Waals surface area contributed by atoms with E-state index in [0.29, 0.717) is 0 Å². The maximum atomic E-state index is 3.33. The molecule has 1 heterocycles. The van der Waals surface area contributed by atoms with Crippen molar-refractivity contribution in [3.8, 4) is 0 Å². The molecule has 1 aromatic heterocycles. The number of nitrogens with one attached hydrogen (secondary N) is 1. The lowest BCUT2D eigenvalue weighted by Gasteiger charge is -2.10. The average molecular weight is 177 g/mol. The number of aromatic amines is 1. The second kappa shape index (κ2) is 3.41. The van der Waals surface area contributed by atoms with Gasteiger partial charge in [0.15, 0.2) is 0 Å². The summed E-state index contributed by atoms with van der Waals surface area (Å²) in [7, 11) is 0. The highest BCUT2D eigenvalue weighted by molar-refractivity contribution is 5.51. The quantitative estimate of drug-likeness (QED) is 0.673. The van der Waals surface area contributed by atoms with Crippen molar-refractivity contribution in [2.75, 3.05) is 0 Å². The van der Waals surface area contributed by atoms with Crippen LogP contribution in [0.2, 0.25) is 0 Å². The summed E-state index contributed by atoms with van der Waals surface area (Å²) in [6.45, 7) is 10.8. The van der Waals surface area contributed by atoms with E-state index in [-0.39, 0.29) is 5.41 Å². The molecular formula is C12H19N. The van der Waals surface area contributed by atoms with E-state index in [9.17, 15) is 0 Å². The van der Waals surface area contributed by atoms with Crippen LogP contribution in [0.3, 0.4) is 0 Å². The first kappa shape index (κ1) is 10.1. The van der Waals surface area contributed by atoms with Crippen molar-refractivity contribution in [2.24, 2.45) is 5.41 Å². The van der Waals surface area contributed by atoms with Gasteiger partial charge < -0.3 is 4.98 Å². The molecule has 72 valence electrons. The minimum Gasteiger partial charge on any atom is -0.359 e. The van der Waals surface area contributed by atoms with Gasteiger partial charge in [-0.05, 0) is 37.0 Å². The number of H-pyrrole nitrogens is 1. The largest absolute Gasteiger partial charge is 0.359 e. The summed E-state index contributed by atoms with van der Waals surface area (Å²) < 4.78 is 0. The zero-order valence-corrected chi connectivity index (χ0v) is 9.23. The predicted octanol–water partition coefficient (Wildman–Crippen LogP) is 3.69. The van der Waals surface area contributed by atoms with Crippen molar-refractivity contribution in [3.63, 3.8) is 0 Å². The third kappa shape index (κ3) is 3.10. The van der Waals surface area contributed by atoms with Crippen LogP contribution < -0.4 is 0 Å². The molecule has 1 aromatic rings. The Balaban J connectivity index is 2.86. The van der Waals surface area contributed by atoms with Crippen molar-refractivity contribution in [1.82, 2.24) is 4.98 Å². The summed E-state index contributed by atoms with van der Waals surface area (Å²) in [5, 5.41) is 0. The van der Waals surface area contributed by atoms with E-state index in [1.807, 2.05) is 0 Å². The summed E-state index contributed by atoms with van der Waals surface area (Å²) >= 11 is 0. The fourth-order valence-corrected chi connectivity index (χ4v) is 1.26. The normalized spacial score (nSPS) is 12.7. The van der Waals surface area contributed by atoms with Crippen LogP contribution in [0.4, 0.5) is 0 Å². The van der Waals surface area contributed by atoms with Crippen LogP contribution in [0.1, 0.15) is 37.7 Å². The van der Waals surface area contributed by atoms with Crippen molar-refractivity contribution in [2.45, 2.75) is 34.6 Å². The lowest BCUT2D eigenvalue weighted by atomic mass is 9.96. The number of aryl methyl sites for hydroxylation is 2. The van der Waals surface area contributed by atoms with Crippen molar-refractivity contribution in [3.05, 3.63) is 29.1 Å². The molecule has 1 rings (SSSR count). The van der Waals surface area contributed by atoms with E-state index in [2.05, 4.69) is 57.8 Å². The highest BCUT2D eigenvalue weighted by Gasteiger charge is 2.04. The molecule has 0 aromatic carbocycles. The Kier molecular flexibility index (Phi) is 2.65. The van der Waals surface area contributed by atoms with Gasteiger partial charge in [0.1, 0.15) is 0 Å². The second-order valence-corrected chi connectivity index (χ2v) is 4.75. The van der Waals surface area contributed by atoms with Crippen molar-refractivity contribution < 1.29 is 0 Å². The molecule has 13 heavy (non-hydrogen) atoms. The molecule has 0 fully saturated rings. The summed E-state index contributed by atoms with van der Waals surface area (Å²) in [4.78, 5) is 3.33. The van der Waals surface area contributed by atoms with Gasteiger partial charge in [0.25, 0.3) is 0 Å². The van der Waals surface area contributed by atoms with Crippen molar-refractivity contribution >= 4 is 6.08 Å². The molecule has 0 amide bonds. The van der Waals surface area contributed by atoms with Crippen LogP contribution in [-0.4, -0.2) is 4.98 Å². The Morgan fingerprint density at radius 3 is 2.23 bits per heavy atom. The van der Waals surface area contributed by atoms with Crippen LogP contribution >= 0.6 is 0 Å². The Morgan fingerprint density at radius 2 is 1.85 bits per heavy atom. The van der Waals surface area contributed by atoms with Crippen LogP contribution in [-0.2, 0) is 0 Å². The maximum Gasteiger partial charge on any atom is 0.0409 e. The topological polar surface area (TPSA) is 15.8 Å². The minimum absolute atomic E-state index is 0.255. The number of aromatic nitrogens is 1. The first-order chi connectivity index (χ1) is 5.88. The summed E-state index contributed by atoms with van der Waals surface area (Å²) in [5.74, 6) is 0. The van der Waals surface area contributed by atoms with E-state index in [1.54, 1.807) is 0 Å². The Bertz CT molecular complexity index is 310. The summed E-state index contributed by atoms with van der Waals surface area (Å²) in [6, 6.07) is 2.17. The third-order valence-corrected chi connectivity index (χ3v) is 1.94. The average Bonchev–Trinajstić information content (AvgIpc) is 2.24. The minimum atomic E-state index is 0.255. The molecule has 0 aliphatic rings. The summed E-state index contributed by atoms with van der Waals surface area (Å²) in [5.41, 5.74) is 4.03. The first-order valence-electron chi connectivity index (χ1n) is 4.74. The summed E-state index contributed by atoms with van der Waals surface area (Å²) in [6.07, 6.45) is 4.40. The van der Waals surface area contributed by atoms with E-state index in [4.69, 9.17) is 0 Å². The molecule has 0 atom stereocenters. The highest BCUT2D eigenvalue weighted by atomic mass is 14.7. The smallest absolute Gasteiger partial charge is 0.0409 e. The second-order valence-electron chi connectivity index (χ2n) is 4.75. The molecule has 1 heteroatoms. The van der Waals surface area contributed by atoms with Gasteiger partial charge in [0.05, 0.1) is 0 Å². The van der Waals surface area contributed by atoms with Crippen LogP contribution in [0, 0.1) is 19.3 Å². The zero-order valence-electron chi connectivity index (χ0n) is 9.23. The standard InChI is InChI=1S/C12H19N/c1-9-8-10(2)13-11(9)6-7-12(3,4)5/h6-8,13H,1-5H3/b7-6+. The Hall–Kier alpha value is -0.980. The third-order valence-electron chi connectivity index (χ3n) is 1.94. The van der Waals surface area contributed by atoms with Crippen LogP contribution in [0.15, 0.2) is 12.1 Å². The fraction of sp³-hybridized carbons (Fsp3) is 0.500. The first-order valence-corrected chi connectivity index (χ1v) is 4.74. The maximum absolute atomic E-state index is 3.33. The van der Waals surface area contributed by atoms with Crippen LogP contribution in [0.25, 0.3) is 6.08 Å². The van der Waals surface area contributed by atoms with E-state index in [1.165, 1.54) is 17.0 Å². The Labute approximate surface area is 80.9 Å². The van der Waals surface area contributed by atoms with Gasteiger partial charge in [0.2, 0.25) is 0 Å². The monoisotopic (exact) mass is 177 g/mol. The van der Waals surface area contributed by atoms with Gasteiger partial charge >= 0.3 is 0 Å². The van der Waals surface area contributed by atoms with Gasteiger partial charge in [-0.25, -0.2) is 0 Å². The highest BCUT2D eigenvalue weighted by Crippen LogP contribution is 2.18. The lowest BCUT2D eigenvalue weighted by Crippen LogP contribution is -1.98. The number of allylic oxidation sites excluding steroid dienone is 1. The Morgan fingerprint density at radius 1 is 1.23 bits per heavy atom. The molecule has 1 nitrogen and oxygen atoms in total. The van der Waals surface area contributed by atoms with Gasteiger partial charge in [-0.2, -0.15) is 0 Å². The molecule has 0 spiro atoms. The van der Waals surface area contributed by atoms with E-state index >= 15 is 0 Å².